The van der Waals surface area contributed by atoms with Gasteiger partial charge in [-0.1, -0.05) is 12.1 Å². The van der Waals surface area contributed by atoms with Crippen LogP contribution >= 0.6 is 0 Å². The molecule has 0 amide bonds. The zero-order valence-corrected chi connectivity index (χ0v) is 21.6. The van der Waals surface area contributed by atoms with Crippen molar-refractivity contribution in [1.29, 1.82) is 0 Å². The van der Waals surface area contributed by atoms with Crippen molar-refractivity contribution in [3.63, 3.8) is 0 Å². The number of likely N-dealkylation sites (N-methyl/N-ethyl adjacent to an activating group) is 2. The van der Waals surface area contributed by atoms with Crippen LogP contribution in [0.2, 0.25) is 0 Å². The maximum Gasteiger partial charge on any atom is 0.416 e. The summed E-state index contributed by atoms with van der Waals surface area (Å²) in [6.45, 7) is 6.25. The second-order valence-electron chi connectivity index (χ2n) is 10.1. The molecule has 0 spiro atoms. The average molecular weight is 545 g/mol. The number of hydrazine groups is 1. The quantitative estimate of drug-likeness (QED) is 0.390. The second kappa shape index (κ2) is 11.7. The molecule has 2 aliphatic rings. The Morgan fingerprint density at radius 3 is 1.24 bits per heavy atom. The largest absolute Gasteiger partial charge is 0.416 e. The Morgan fingerprint density at radius 1 is 0.579 bits per heavy atom. The highest BCUT2D eigenvalue weighted by molar-refractivity contribution is 5.57. The van der Waals surface area contributed by atoms with Crippen LogP contribution in [-0.2, 0) is 25.4 Å². The first-order valence-corrected chi connectivity index (χ1v) is 12.6. The molecule has 0 bridgehead atoms. The predicted octanol–water partition coefficient (Wildman–Crippen LogP) is 4.66. The Morgan fingerprint density at radius 2 is 0.921 bits per heavy atom. The lowest BCUT2D eigenvalue weighted by atomic mass is 10.0. The molecular formula is C26H34F6N6. The van der Waals surface area contributed by atoms with Gasteiger partial charge < -0.3 is 20.7 Å². The fraction of sp³-hybridized carbons (Fsp3) is 0.538. The Hall–Kier alpha value is -2.54. The monoisotopic (exact) mass is 544 g/mol. The van der Waals surface area contributed by atoms with Gasteiger partial charge in [-0.25, -0.2) is 0 Å². The van der Waals surface area contributed by atoms with E-state index < -0.39 is 23.5 Å². The van der Waals surface area contributed by atoms with Gasteiger partial charge >= 0.3 is 12.4 Å². The highest BCUT2D eigenvalue weighted by atomic mass is 19.4. The molecule has 2 aliphatic heterocycles. The summed E-state index contributed by atoms with van der Waals surface area (Å²) in [5.41, 5.74) is 4.30. The van der Waals surface area contributed by atoms with E-state index in [0.29, 0.717) is 26.2 Å². The molecule has 0 aromatic heterocycles. The fourth-order valence-electron chi connectivity index (χ4n) is 4.75. The highest BCUT2D eigenvalue weighted by Gasteiger charge is 2.35. The van der Waals surface area contributed by atoms with E-state index in [1.807, 2.05) is 23.9 Å². The van der Waals surface area contributed by atoms with Crippen LogP contribution in [0, 0.1) is 0 Å². The van der Waals surface area contributed by atoms with Gasteiger partial charge in [0, 0.05) is 65.4 Å². The third-order valence-corrected chi connectivity index (χ3v) is 7.16. The van der Waals surface area contributed by atoms with Gasteiger partial charge in [0.15, 0.2) is 0 Å². The van der Waals surface area contributed by atoms with Crippen LogP contribution in [0.1, 0.15) is 22.3 Å². The molecule has 0 radical (unpaired) electrons. The SMILES string of the molecule is CN1CCN(Cc2ccc(NNc3ccc(CN4CCN(C)CC4)c(C(F)(F)F)c3)cc2C(F)(F)F)CC1. The van der Waals surface area contributed by atoms with E-state index >= 15 is 0 Å². The van der Waals surface area contributed by atoms with Gasteiger partial charge in [-0.15, -0.1) is 0 Å². The van der Waals surface area contributed by atoms with Gasteiger partial charge in [0.05, 0.1) is 22.5 Å². The van der Waals surface area contributed by atoms with Gasteiger partial charge in [0.25, 0.3) is 0 Å². The summed E-state index contributed by atoms with van der Waals surface area (Å²) < 4.78 is 83.1. The molecule has 12 heteroatoms. The van der Waals surface area contributed by atoms with E-state index in [9.17, 15) is 26.3 Å². The predicted molar refractivity (Wildman–Crippen MR) is 136 cm³/mol. The highest BCUT2D eigenvalue weighted by Crippen LogP contribution is 2.36. The number of anilines is 2. The van der Waals surface area contributed by atoms with Crippen LogP contribution in [0.3, 0.4) is 0 Å². The lowest BCUT2D eigenvalue weighted by Crippen LogP contribution is -2.44. The van der Waals surface area contributed by atoms with Gasteiger partial charge in [-0.05, 0) is 49.5 Å². The third-order valence-electron chi connectivity index (χ3n) is 7.16. The minimum Gasteiger partial charge on any atom is -0.304 e. The number of nitrogens with one attached hydrogen (secondary N) is 2. The summed E-state index contributed by atoms with van der Waals surface area (Å²) in [4.78, 5) is 8.22. The number of piperazine rings is 2. The summed E-state index contributed by atoms with van der Waals surface area (Å²) in [6.07, 6.45) is -9.12. The van der Waals surface area contributed by atoms with Crippen molar-refractivity contribution >= 4 is 11.4 Å². The maximum absolute atomic E-state index is 13.8. The summed E-state index contributed by atoms with van der Waals surface area (Å²) in [5.74, 6) is 0. The zero-order valence-electron chi connectivity index (χ0n) is 21.6. The van der Waals surface area contributed by atoms with E-state index in [1.54, 1.807) is 0 Å². The van der Waals surface area contributed by atoms with E-state index in [4.69, 9.17) is 0 Å². The molecule has 2 saturated heterocycles. The van der Waals surface area contributed by atoms with Gasteiger partial charge in [-0.2, -0.15) is 26.3 Å². The topological polar surface area (TPSA) is 37.0 Å². The van der Waals surface area contributed by atoms with Crippen LogP contribution < -0.4 is 10.9 Å². The number of benzene rings is 2. The van der Waals surface area contributed by atoms with Crippen LogP contribution in [0.25, 0.3) is 0 Å². The van der Waals surface area contributed by atoms with Crippen LogP contribution in [0.15, 0.2) is 36.4 Å². The fourth-order valence-corrected chi connectivity index (χ4v) is 4.75. The van der Waals surface area contributed by atoms with E-state index in [2.05, 4.69) is 20.7 Å². The summed E-state index contributed by atoms with van der Waals surface area (Å²) in [6, 6.07) is 7.83. The Kier molecular flexibility index (Phi) is 8.75. The average Bonchev–Trinajstić information content (AvgIpc) is 2.85. The van der Waals surface area contributed by atoms with Crippen molar-refractivity contribution in [2.45, 2.75) is 25.4 Å². The van der Waals surface area contributed by atoms with Crippen LogP contribution in [0.5, 0.6) is 0 Å². The zero-order chi connectivity index (χ0) is 27.5. The third kappa shape index (κ3) is 7.52. The lowest BCUT2D eigenvalue weighted by Gasteiger charge is -2.33. The van der Waals surface area contributed by atoms with Crippen LogP contribution in [0.4, 0.5) is 37.7 Å². The molecule has 0 aliphatic carbocycles. The molecule has 2 N–H and O–H groups in total. The van der Waals surface area contributed by atoms with Crippen molar-refractivity contribution in [3.05, 3.63) is 58.7 Å². The first kappa shape index (κ1) is 28.5. The molecule has 0 saturated carbocycles. The minimum absolute atomic E-state index is 0.106. The Balaban J connectivity index is 1.46. The van der Waals surface area contributed by atoms with Crippen molar-refractivity contribution in [3.8, 4) is 0 Å². The van der Waals surface area contributed by atoms with Crippen molar-refractivity contribution < 1.29 is 26.3 Å². The lowest BCUT2D eigenvalue weighted by molar-refractivity contribution is -0.139. The van der Waals surface area contributed by atoms with Gasteiger partial charge in [0.1, 0.15) is 0 Å². The molecule has 2 aromatic carbocycles. The summed E-state index contributed by atoms with van der Waals surface area (Å²) in [5, 5.41) is 0. The molecule has 2 aromatic rings. The molecule has 38 heavy (non-hydrogen) atoms. The molecule has 4 rings (SSSR count). The smallest absolute Gasteiger partial charge is 0.304 e. The molecule has 0 unspecified atom stereocenters. The number of halogens is 6. The Bertz CT molecular complexity index is 987. The number of nitrogens with zero attached hydrogens (tertiary/aromatic N) is 4. The number of hydrogen-bond donors (Lipinski definition) is 2. The van der Waals surface area contributed by atoms with Gasteiger partial charge in [-0.3, -0.25) is 9.80 Å². The molecule has 2 fully saturated rings. The van der Waals surface area contributed by atoms with Crippen molar-refractivity contribution in [2.75, 3.05) is 77.3 Å². The van der Waals surface area contributed by atoms with Crippen molar-refractivity contribution in [1.82, 2.24) is 19.6 Å². The summed E-state index contributed by atoms with van der Waals surface area (Å²) >= 11 is 0. The Labute approximate surface area is 219 Å². The molecule has 210 valence electrons. The molecular weight excluding hydrogens is 510 g/mol. The number of alkyl halides is 6. The normalized spacial score (nSPS) is 19.1. The number of rotatable bonds is 7. The van der Waals surface area contributed by atoms with E-state index in [0.717, 1.165) is 38.3 Å². The van der Waals surface area contributed by atoms with Gasteiger partial charge in [0.2, 0.25) is 0 Å². The molecule has 6 nitrogen and oxygen atoms in total. The summed E-state index contributed by atoms with van der Waals surface area (Å²) in [7, 11) is 3.95. The van der Waals surface area contributed by atoms with E-state index in [-0.39, 0.29) is 35.6 Å². The molecule has 0 atom stereocenters. The second-order valence-corrected chi connectivity index (χ2v) is 10.1. The maximum atomic E-state index is 13.8. The van der Waals surface area contributed by atoms with E-state index in [1.165, 1.54) is 24.3 Å². The first-order valence-electron chi connectivity index (χ1n) is 12.6. The van der Waals surface area contributed by atoms with Crippen molar-refractivity contribution in [2.24, 2.45) is 0 Å². The minimum atomic E-state index is -4.56. The number of hydrogen-bond acceptors (Lipinski definition) is 6. The standard InChI is InChI=1S/C26H34F6N6/c1-35-7-11-37(12-8-35)17-19-3-5-21(15-23(19)25(27,28)29)33-34-22-6-4-20(24(16-22)26(30,31)32)18-38-13-9-36(2)10-14-38/h3-6,15-16,33-34H,7-14,17-18H2,1-2H3. The molecule has 2 heterocycles. The first-order chi connectivity index (χ1) is 17.9. The van der Waals surface area contributed by atoms with Crippen LogP contribution in [-0.4, -0.2) is 86.1 Å².